The molecule has 1 heterocycles. The van der Waals surface area contributed by atoms with Gasteiger partial charge in [-0.1, -0.05) is 13.8 Å². The number of aromatic nitrogens is 2. The van der Waals surface area contributed by atoms with Crippen LogP contribution in [0.4, 0.5) is 0 Å². The molecule has 0 radical (unpaired) electrons. The maximum atomic E-state index is 11.6. The van der Waals surface area contributed by atoms with Crippen molar-refractivity contribution in [3.05, 3.63) is 15.9 Å². The molecule has 0 spiro atoms. The molecule has 96 valence electrons. The summed E-state index contributed by atoms with van der Waals surface area (Å²) < 4.78 is 2.90. The van der Waals surface area contributed by atoms with Crippen molar-refractivity contribution in [2.45, 2.75) is 40.7 Å². The van der Waals surface area contributed by atoms with Crippen molar-refractivity contribution in [2.75, 3.05) is 6.54 Å². The standard InChI is InChI=1S/C12H20BrN3O/c1-8(2)7-14-11(17)5-6-16-10(4)12(13)9(3)15-16/h8H,5-7H2,1-4H3,(H,14,17). The quantitative estimate of drug-likeness (QED) is 0.908. The van der Waals surface area contributed by atoms with E-state index in [4.69, 9.17) is 0 Å². The Bertz CT molecular complexity index is 399. The van der Waals surface area contributed by atoms with Crippen LogP contribution >= 0.6 is 15.9 Å². The lowest BCUT2D eigenvalue weighted by molar-refractivity contribution is -0.121. The van der Waals surface area contributed by atoms with Gasteiger partial charge in [0, 0.05) is 18.7 Å². The van der Waals surface area contributed by atoms with E-state index in [1.165, 1.54) is 0 Å². The summed E-state index contributed by atoms with van der Waals surface area (Å²) in [6, 6.07) is 0. The highest BCUT2D eigenvalue weighted by atomic mass is 79.9. The summed E-state index contributed by atoms with van der Waals surface area (Å²) in [4.78, 5) is 11.6. The first-order valence-corrected chi connectivity index (χ1v) is 6.67. The van der Waals surface area contributed by atoms with Gasteiger partial charge in [-0.25, -0.2) is 0 Å². The van der Waals surface area contributed by atoms with Gasteiger partial charge in [0.2, 0.25) is 5.91 Å². The van der Waals surface area contributed by atoms with Gasteiger partial charge in [-0.15, -0.1) is 0 Å². The van der Waals surface area contributed by atoms with Gasteiger partial charge in [0.1, 0.15) is 0 Å². The highest BCUT2D eigenvalue weighted by Crippen LogP contribution is 2.19. The highest BCUT2D eigenvalue weighted by molar-refractivity contribution is 9.10. The van der Waals surface area contributed by atoms with Crippen molar-refractivity contribution in [1.29, 1.82) is 0 Å². The van der Waals surface area contributed by atoms with Crippen molar-refractivity contribution < 1.29 is 4.79 Å². The number of nitrogens with zero attached hydrogens (tertiary/aromatic N) is 2. The van der Waals surface area contributed by atoms with E-state index >= 15 is 0 Å². The second-order valence-electron chi connectivity index (χ2n) is 4.66. The van der Waals surface area contributed by atoms with E-state index < -0.39 is 0 Å². The van der Waals surface area contributed by atoms with Gasteiger partial charge in [-0.2, -0.15) is 5.10 Å². The minimum absolute atomic E-state index is 0.0855. The number of hydrogen-bond acceptors (Lipinski definition) is 2. The Morgan fingerprint density at radius 2 is 2.12 bits per heavy atom. The van der Waals surface area contributed by atoms with Crippen LogP contribution in [0.15, 0.2) is 4.47 Å². The van der Waals surface area contributed by atoms with E-state index in [1.807, 2.05) is 18.5 Å². The van der Waals surface area contributed by atoms with Crippen LogP contribution in [0.25, 0.3) is 0 Å². The monoisotopic (exact) mass is 301 g/mol. The summed E-state index contributed by atoms with van der Waals surface area (Å²) in [6.45, 7) is 9.47. The average Bonchev–Trinajstić information content (AvgIpc) is 2.51. The molecule has 0 bridgehead atoms. The smallest absolute Gasteiger partial charge is 0.221 e. The third-order valence-corrected chi connectivity index (χ3v) is 3.70. The molecule has 0 saturated heterocycles. The first-order valence-electron chi connectivity index (χ1n) is 5.88. The summed E-state index contributed by atoms with van der Waals surface area (Å²) in [5.74, 6) is 0.573. The number of nitrogens with one attached hydrogen (secondary N) is 1. The minimum atomic E-state index is 0.0855. The van der Waals surface area contributed by atoms with E-state index in [0.29, 0.717) is 18.9 Å². The lowest BCUT2D eigenvalue weighted by Gasteiger charge is -2.08. The maximum Gasteiger partial charge on any atom is 0.221 e. The van der Waals surface area contributed by atoms with E-state index in [9.17, 15) is 4.79 Å². The summed E-state index contributed by atoms with van der Waals surface area (Å²) in [5.41, 5.74) is 2.03. The normalized spacial score (nSPS) is 10.9. The zero-order chi connectivity index (χ0) is 13.0. The number of rotatable bonds is 5. The van der Waals surface area contributed by atoms with Gasteiger partial charge < -0.3 is 5.32 Å². The molecule has 1 aromatic rings. The lowest BCUT2D eigenvalue weighted by Crippen LogP contribution is -2.28. The third-order valence-electron chi connectivity index (χ3n) is 2.55. The van der Waals surface area contributed by atoms with E-state index in [0.717, 1.165) is 22.4 Å². The molecule has 0 aromatic carbocycles. The van der Waals surface area contributed by atoms with Gasteiger partial charge in [-0.3, -0.25) is 9.48 Å². The van der Waals surface area contributed by atoms with Gasteiger partial charge >= 0.3 is 0 Å². The van der Waals surface area contributed by atoms with Crippen molar-refractivity contribution in [2.24, 2.45) is 5.92 Å². The zero-order valence-electron chi connectivity index (χ0n) is 10.9. The Kier molecular flexibility index (Phi) is 5.18. The Hall–Kier alpha value is -0.840. The Morgan fingerprint density at radius 1 is 1.47 bits per heavy atom. The maximum absolute atomic E-state index is 11.6. The van der Waals surface area contributed by atoms with Crippen LogP contribution in [0, 0.1) is 19.8 Å². The summed E-state index contributed by atoms with van der Waals surface area (Å²) in [7, 11) is 0. The van der Waals surface area contributed by atoms with Gasteiger partial charge in [0.05, 0.1) is 16.7 Å². The molecule has 0 saturated carbocycles. The number of hydrogen-bond donors (Lipinski definition) is 1. The average molecular weight is 302 g/mol. The first kappa shape index (κ1) is 14.2. The summed E-state index contributed by atoms with van der Waals surface area (Å²) in [5, 5.41) is 7.27. The zero-order valence-corrected chi connectivity index (χ0v) is 12.5. The molecule has 0 aliphatic rings. The van der Waals surface area contributed by atoms with Crippen LogP contribution in [-0.4, -0.2) is 22.2 Å². The molecular weight excluding hydrogens is 282 g/mol. The molecule has 0 fully saturated rings. The molecule has 0 atom stereocenters. The molecule has 1 amide bonds. The van der Waals surface area contributed by atoms with Crippen molar-refractivity contribution in [3.8, 4) is 0 Å². The third kappa shape index (κ3) is 4.15. The molecule has 0 unspecified atom stereocenters. The van der Waals surface area contributed by atoms with Crippen LogP contribution < -0.4 is 5.32 Å². The predicted octanol–water partition coefficient (Wildman–Crippen LogP) is 2.42. The number of carbonyl (C=O) groups is 1. The number of aryl methyl sites for hydroxylation is 2. The number of carbonyl (C=O) groups excluding carboxylic acids is 1. The molecule has 5 heteroatoms. The highest BCUT2D eigenvalue weighted by Gasteiger charge is 2.10. The molecule has 1 rings (SSSR count). The number of halogens is 1. The van der Waals surface area contributed by atoms with E-state index in [-0.39, 0.29) is 5.91 Å². The van der Waals surface area contributed by atoms with Crippen LogP contribution in [-0.2, 0) is 11.3 Å². The van der Waals surface area contributed by atoms with Gasteiger partial charge in [-0.05, 0) is 35.7 Å². The van der Waals surface area contributed by atoms with Gasteiger partial charge in [0.25, 0.3) is 0 Å². The second kappa shape index (κ2) is 6.19. The number of amides is 1. The topological polar surface area (TPSA) is 46.9 Å². The predicted molar refractivity (Wildman–Crippen MR) is 71.9 cm³/mol. The molecule has 17 heavy (non-hydrogen) atoms. The van der Waals surface area contributed by atoms with Crippen molar-refractivity contribution in [1.82, 2.24) is 15.1 Å². The van der Waals surface area contributed by atoms with Crippen molar-refractivity contribution in [3.63, 3.8) is 0 Å². The second-order valence-corrected chi connectivity index (χ2v) is 5.45. The molecule has 1 N–H and O–H groups in total. The molecule has 4 nitrogen and oxygen atoms in total. The molecule has 0 aliphatic heterocycles. The fourth-order valence-corrected chi connectivity index (χ4v) is 1.79. The van der Waals surface area contributed by atoms with Crippen LogP contribution in [0.5, 0.6) is 0 Å². The Morgan fingerprint density at radius 3 is 2.59 bits per heavy atom. The van der Waals surface area contributed by atoms with Crippen LogP contribution in [0.2, 0.25) is 0 Å². The van der Waals surface area contributed by atoms with Gasteiger partial charge in [0.15, 0.2) is 0 Å². The SMILES string of the molecule is Cc1nn(CCC(=O)NCC(C)C)c(C)c1Br. The fourth-order valence-electron chi connectivity index (χ4n) is 1.51. The van der Waals surface area contributed by atoms with Crippen molar-refractivity contribution >= 4 is 21.8 Å². The van der Waals surface area contributed by atoms with Crippen LogP contribution in [0.1, 0.15) is 31.7 Å². The Labute approximate surface area is 111 Å². The van der Waals surface area contributed by atoms with E-state index in [2.05, 4.69) is 40.2 Å². The molecular formula is C12H20BrN3O. The minimum Gasteiger partial charge on any atom is -0.356 e. The summed E-state index contributed by atoms with van der Waals surface area (Å²) >= 11 is 3.47. The largest absolute Gasteiger partial charge is 0.356 e. The molecule has 0 aliphatic carbocycles. The fraction of sp³-hybridized carbons (Fsp3) is 0.667. The first-order chi connectivity index (χ1) is 7.91. The van der Waals surface area contributed by atoms with E-state index in [1.54, 1.807) is 0 Å². The van der Waals surface area contributed by atoms with Crippen LogP contribution in [0.3, 0.4) is 0 Å². The lowest BCUT2D eigenvalue weighted by atomic mass is 10.2. The summed E-state index contributed by atoms with van der Waals surface area (Å²) in [6.07, 6.45) is 0.473. The Balaban J connectivity index is 2.45. The molecule has 1 aromatic heterocycles.